The highest BCUT2D eigenvalue weighted by Crippen LogP contribution is 2.31. The summed E-state index contributed by atoms with van der Waals surface area (Å²) in [5.41, 5.74) is 3.92. The maximum Gasteiger partial charge on any atom is 0.252 e. The predicted octanol–water partition coefficient (Wildman–Crippen LogP) is 2.10. The van der Waals surface area contributed by atoms with Crippen molar-refractivity contribution in [3.8, 4) is 11.5 Å². The number of aryl methyl sites for hydroxylation is 2. The Morgan fingerprint density at radius 2 is 2.00 bits per heavy atom. The van der Waals surface area contributed by atoms with Gasteiger partial charge in [-0.2, -0.15) is 10.1 Å². The first-order valence-corrected chi connectivity index (χ1v) is 9.31. The zero-order chi connectivity index (χ0) is 19.7. The van der Waals surface area contributed by atoms with Crippen LogP contribution in [0.5, 0.6) is 11.5 Å². The minimum absolute atomic E-state index is 0.0763. The number of amides is 1. The minimum atomic E-state index is 0.0763. The van der Waals surface area contributed by atoms with E-state index in [1.54, 1.807) is 9.42 Å². The van der Waals surface area contributed by atoms with Crippen LogP contribution in [0.15, 0.2) is 24.5 Å². The second-order valence-corrected chi connectivity index (χ2v) is 6.96. The van der Waals surface area contributed by atoms with E-state index >= 15 is 0 Å². The largest absolute Gasteiger partial charge is 0.486 e. The van der Waals surface area contributed by atoms with Gasteiger partial charge in [0.2, 0.25) is 5.91 Å². The molecule has 0 saturated heterocycles. The van der Waals surface area contributed by atoms with E-state index in [9.17, 15) is 4.79 Å². The zero-order valence-electron chi connectivity index (χ0n) is 16.3. The molecule has 28 heavy (non-hydrogen) atoms. The van der Waals surface area contributed by atoms with Gasteiger partial charge in [0.05, 0.1) is 0 Å². The van der Waals surface area contributed by atoms with Gasteiger partial charge < -0.3 is 14.4 Å². The Kier molecular flexibility index (Phi) is 4.85. The molecule has 3 aromatic rings. The maximum atomic E-state index is 12.7. The lowest BCUT2D eigenvalue weighted by atomic mass is 10.1. The van der Waals surface area contributed by atoms with Gasteiger partial charge in [0.15, 0.2) is 11.5 Å². The summed E-state index contributed by atoms with van der Waals surface area (Å²) in [6.45, 7) is 5.57. The molecule has 8 nitrogen and oxygen atoms in total. The summed E-state index contributed by atoms with van der Waals surface area (Å²) in [7, 11) is 1.82. The van der Waals surface area contributed by atoms with Crippen molar-refractivity contribution in [3.05, 3.63) is 47.0 Å². The minimum Gasteiger partial charge on any atom is -0.486 e. The molecular formula is C20H23N5O3. The van der Waals surface area contributed by atoms with Gasteiger partial charge in [0, 0.05) is 31.4 Å². The van der Waals surface area contributed by atoms with E-state index < -0.39 is 0 Å². The van der Waals surface area contributed by atoms with E-state index in [2.05, 4.69) is 15.1 Å². The fourth-order valence-corrected chi connectivity index (χ4v) is 3.49. The van der Waals surface area contributed by atoms with E-state index in [1.165, 1.54) is 6.33 Å². The molecule has 0 saturated carbocycles. The molecule has 0 atom stereocenters. The van der Waals surface area contributed by atoms with E-state index in [0.717, 1.165) is 34.0 Å². The lowest BCUT2D eigenvalue weighted by Crippen LogP contribution is -2.27. The molecule has 3 heterocycles. The number of rotatable bonds is 5. The summed E-state index contributed by atoms with van der Waals surface area (Å²) in [4.78, 5) is 23.0. The van der Waals surface area contributed by atoms with Crippen LogP contribution in [-0.4, -0.2) is 50.7 Å². The Morgan fingerprint density at radius 1 is 1.21 bits per heavy atom. The first-order valence-electron chi connectivity index (χ1n) is 9.31. The molecule has 0 aliphatic carbocycles. The molecule has 2 aromatic heterocycles. The van der Waals surface area contributed by atoms with Crippen molar-refractivity contribution in [2.24, 2.45) is 0 Å². The molecule has 0 N–H and O–H groups in total. The van der Waals surface area contributed by atoms with Gasteiger partial charge in [-0.05, 0) is 43.5 Å². The Morgan fingerprint density at radius 3 is 2.82 bits per heavy atom. The average Bonchev–Trinajstić information content (AvgIpc) is 3.16. The summed E-state index contributed by atoms with van der Waals surface area (Å²) in [5, 5.41) is 4.20. The summed E-state index contributed by atoms with van der Waals surface area (Å²) in [5.74, 6) is 2.15. The third-order valence-electron chi connectivity index (χ3n) is 5.03. The van der Waals surface area contributed by atoms with Crippen LogP contribution in [0.2, 0.25) is 0 Å². The van der Waals surface area contributed by atoms with Gasteiger partial charge in [-0.25, -0.2) is 9.50 Å². The highest BCUT2D eigenvalue weighted by Gasteiger charge is 2.16. The SMILES string of the molecule is Cc1nc2ncnn2c(C)c1CCC(=O)N(C)Cc1ccc2c(c1)OCCO2. The van der Waals surface area contributed by atoms with Crippen LogP contribution < -0.4 is 9.47 Å². The number of hydrogen-bond donors (Lipinski definition) is 0. The molecule has 0 spiro atoms. The number of hydrogen-bond acceptors (Lipinski definition) is 6. The fraction of sp³-hybridized carbons (Fsp3) is 0.400. The van der Waals surface area contributed by atoms with Crippen molar-refractivity contribution in [2.45, 2.75) is 33.2 Å². The second-order valence-electron chi connectivity index (χ2n) is 6.96. The maximum absolute atomic E-state index is 12.7. The summed E-state index contributed by atoms with van der Waals surface area (Å²) in [6.07, 6.45) is 2.51. The van der Waals surface area contributed by atoms with E-state index in [1.807, 2.05) is 39.1 Å². The lowest BCUT2D eigenvalue weighted by molar-refractivity contribution is -0.130. The molecular weight excluding hydrogens is 358 g/mol. The summed E-state index contributed by atoms with van der Waals surface area (Å²) < 4.78 is 12.9. The molecule has 0 fully saturated rings. The van der Waals surface area contributed by atoms with Crippen molar-refractivity contribution < 1.29 is 14.3 Å². The lowest BCUT2D eigenvalue weighted by Gasteiger charge is -2.21. The zero-order valence-corrected chi connectivity index (χ0v) is 16.3. The van der Waals surface area contributed by atoms with Crippen LogP contribution in [0.3, 0.4) is 0 Å². The number of benzene rings is 1. The first-order chi connectivity index (χ1) is 13.5. The molecule has 8 heteroatoms. The standard InChI is InChI=1S/C20H23N5O3/c1-13-16(14(2)25-20(23-13)21-12-22-25)5-7-19(26)24(3)11-15-4-6-17-18(10-15)28-9-8-27-17/h4,6,10,12H,5,7-9,11H2,1-3H3. The van der Waals surface area contributed by atoms with E-state index in [0.29, 0.717) is 38.4 Å². The molecule has 0 bridgehead atoms. The number of carbonyl (C=O) groups is 1. The fourth-order valence-electron chi connectivity index (χ4n) is 3.49. The van der Waals surface area contributed by atoms with Gasteiger partial charge in [-0.1, -0.05) is 6.07 Å². The highest BCUT2D eigenvalue weighted by atomic mass is 16.6. The van der Waals surface area contributed by atoms with Gasteiger partial charge in [0.25, 0.3) is 5.78 Å². The van der Waals surface area contributed by atoms with Crippen molar-refractivity contribution in [3.63, 3.8) is 0 Å². The molecule has 1 aliphatic rings. The van der Waals surface area contributed by atoms with Gasteiger partial charge in [-0.15, -0.1) is 0 Å². The molecule has 1 aromatic carbocycles. The molecule has 1 aliphatic heterocycles. The number of nitrogens with zero attached hydrogens (tertiary/aromatic N) is 5. The molecule has 0 unspecified atom stereocenters. The smallest absolute Gasteiger partial charge is 0.252 e. The van der Waals surface area contributed by atoms with E-state index in [4.69, 9.17) is 9.47 Å². The Labute approximate surface area is 163 Å². The van der Waals surface area contributed by atoms with Crippen LogP contribution in [0.25, 0.3) is 5.78 Å². The van der Waals surface area contributed by atoms with Crippen LogP contribution in [0.4, 0.5) is 0 Å². The van der Waals surface area contributed by atoms with Crippen molar-refractivity contribution in [1.29, 1.82) is 0 Å². The average molecular weight is 381 g/mol. The third kappa shape index (κ3) is 3.49. The number of ether oxygens (including phenoxy) is 2. The quantitative estimate of drug-likeness (QED) is 0.673. The monoisotopic (exact) mass is 381 g/mol. The first kappa shape index (κ1) is 18.2. The van der Waals surface area contributed by atoms with Crippen LogP contribution in [-0.2, 0) is 17.8 Å². The number of aromatic nitrogens is 4. The van der Waals surface area contributed by atoms with Gasteiger partial charge >= 0.3 is 0 Å². The van der Waals surface area contributed by atoms with Gasteiger partial charge in [-0.3, -0.25) is 4.79 Å². The van der Waals surface area contributed by atoms with Crippen molar-refractivity contribution in [2.75, 3.05) is 20.3 Å². The third-order valence-corrected chi connectivity index (χ3v) is 5.03. The highest BCUT2D eigenvalue weighted by molar-refractivity contribution is 5.76. The number of fused-ring (bicyclic) bond motifs is 2. The molecule has 0 radical (unpaired) electrons. The topological polar surface area (TPSA) is 81.9 Å². The molecule has 1 amide bonds. The Bertz CT molecular complexity index is 1030. The van der Waals surface area contributed by atoms with Gasteiger partial charge in [0.1, 0.15) is 19.5 Å². The van der Waals surface area contributed by atoms with Crippen LogP contribution >= 0.6 is 0 Å². The van der Waals surface area contributed by atoms with Crippen LogP contribution in [0.1, 0.15) is 28.9 Å². The normalized spacial score (nSPS) is 13.0. The molecule has 146 valence electrons. The summed E-state index contributed by atoms with van der Waals surface area (Å²) >= 11 is 0. The Balaban J connectivity index is 1.41. The van der Waals surface area contributed by atoms with Crippen molar-refractivity contribution in [1.82, 2.24) is 24.5 Å². The number of carbonyl (C=O) groups excluding carboxylic acids is 1. The second kappa shape index (κ2) is 7.46. The summed E-state index contributed by atoms with van der Waals surface area (Å²) in [6, 6.07) is 5.80. The molecule has 4 rings (SSSR count). The van der Waals surface area contributed by atoms with Crippen molar-refractivity contribution >= 4 is 11.7 Å². The van der Waals surface area contributed by atoms with E-state index in [-0.39, 0.29) is 5.91 Å². The van der Waals surface area contributed by atoms with Crippen LogP contribution in [0, 0.1) is 13.8 Å². The predicted molar refractivity (Wildman–Crippen MR) is 102 cm³/mol. The Hall–Kier alpha value is -3.16.